The summed E-state index contributed by atoms with van der Waals surface area (Å²) in [5.41, 5.74) is 1.63. The summed E-state index contributed by atoms with van der Waals surface area (Å²) in [5.74, 6) is 0.932. The van der Waals surface area contributed by atoms with Crippen LogP contribution < -0.4 is 5.32 Å². The highest BCUT2D eigenvalue weighted by atomic mass is 15.3. The topological polar surface area (TPSA) is 15.3 Å². The van der Waals surface area contributed by atoms with Crippen LogP contribution in [0.5, 0.6) is 0 Å². The molecule has 0 radical (unpaired) electrons. The number of nitrogens with zero attached hydrogens (tertiary/aromatic N) is 1. The molecular weight excluding hydrogens is 232 g/mol. The summed E-state index contributed by atoms with van der Waals surface area (Å²) in [6.07, 6.45) is 5.77. The first-order chi connectivity index (χ1) is 9.29. The molecule has 104 valence electrons. The molecule has 1 N–H and O–H groups in total. The normalized spacial score (nSPS) is 29.7. The summed E-state index contributed by atoms with van der Waals surface area (Å²) in [4.78, 5) is 2.73. The largest absolute Gasteiger partial charge is 0.313 e. The Kier molecular flexibility index (Phi) is 3.90. The van der Waals surface area contributed by atoms with Gasteiger partial charge in [0.25, 0.3) is 0 Å². The van der Waals surface area contributed by atoms with Crippen molar-refractivity contribution in [3.63, 3.8) is 0 Å². The van der Waals surface area contributed by atoms with Crippen LogP contribution in [0.15, 0.2) is 30.3 Å². The number of rotatable bonds is 3. The highest BCUT2D eigenvalue weighted by Crippen LogP contribution is 2.33. The van der Waals surface area contributed by atoms with Gasteiger partial charge in [0, 0.05) is 26.2 Å². The molecule has 2 heteroatoms. The molecule has 2 aliphatic rings. The van der Waals surface area contributed by atoms with E-state index in [0.717, 1.165) is 19.0 Å². The fraction of sp³-hybridized carbons (Fsp3) is 0.647. The zero-order valence-electron chi connectivity index (χ0n) is 12.1. The zero-order chi connectivity index (χ0) is 13.1. The van der Waals surface area contributed by atoms with Crippen molar-refractivity contribution in [1.29, 1.82) is 0 Å². The molecule has 2 nitrogen and oxygen atoms in total. The van der Waals surface area contributed by atoms with Crippen molar-refractivity contribution in [3.05, 3.63) is 35.9 Å². The summed E-state index contributed by atoms with van der Waals surface area (Å²) < 4.78 is 0. The summed E-state index contributed by atoms with van der Waals surface area (Å²) >= 11 is 0. The van der Waals surface area contributed by atoms with E-state index in [9.17, 15) is 0 Å². The summed E-state index contributed by atoms with van der Waals surface area (Å²) in [6.45, 7) is 7.08. The summed E-state index contributed by atoms with van der Waals surface area (Å²) in [6, 6.07) is 11.0. The molecule has 1 aromatic carbocycles. The fourth-order valence-corrected chi connectivity index (χ4v) is 3.78. The third-order valence-electron chi connectivity index (χ3n) is 5.07. The van der Waals surface area contributed by atoms with Crippen LogP contribution in [-0.4, -0.2) is 31.1 Å². The van der Waals surface area contributed by atoms with Gasteiger partial charge in [0.15, 0.2) is 0 Å². The van der Waals surface area contributed by atoms with E-state index < -0.39 is 0 Å². The molecule has 1 aliphatic carbocycles. The lowest BCUT2D eigenvalue weighted by Gasteiger charge is -2.46. The van der Waals surface area contributed by atoms with Crippen molar-refractivity contribution < 1.29 is 0 Å². The second-order valence-electron chi connectivity index (χ2n) is 6.41. The van der Waals surface area contributed by atoms with Gasteiger partial charge >= 0.3 is 0 Å². The highest BCUT2D eigenvalue weighted by Gasteiger charge is 2.37. The van der Waals surface area contributed by atoms with E-state index in [0.29, 0.717) is 0 Å². The van der Waals surface area contributed by atoms with Crippen molar-refractivity contribution in [2.45, 2.75) is 38.1 Å². The first-order valence-corrected chi connectivity index (χ1v) is 7.80. The van der Waals surface area contributed by atoms with Gasteiger partial charge in [0.1, 0.15) is 0 Å². The minimum Gasteiger partial charge on any atom is -0.313 e. The molecule has 1 saturated carbocycles. The molecule has 1 unspecified atom stereocenters. The second kappa shape index (κ2) is 5.64. The minimum atomic E-state index is 0.169. The Hall–Kier alpha value is -0.860. The highest BCUT2D eigenvalue weighted by molar-refractivity contribution is 5.25. The van der Waals surface area contributed by atoms with Crippen LogP contribution in [0.2, 0.25) is 0 Å². The molecule has 1 heterocycles. The van der Waals surface area contributed by atoms with E-state index in [4.69, 9.17) is 0 Å². The van der Waals surface area contributed by atoms with Gasteiger partial charge in [0.05, 0.1) is 5.54 Å². The predicted molar refractivity (Wildman–Crippen MR) is 80.2 cm³/mol. The van der Waals surface area contributed by atoms with Crippen LogP contribution in [-0.2, 0) is 5.54 Å². The van der Waals surface area contributed by atoms with Crippen LogP contribution in [0.25, 0.3) is 0 Å². The van der Waals surface area contributed by atoms with Gasteiger partial charge in [-0.3, -0.25) is 4.90 Å². The van der Waals surface area contributed by atoms with Gasteiger partial charge in [-0.15, -0.1) is 0 Å². The third-order valence-corrected chi connectivity index (χ3v) is 5.07. The van der Waals surface area contributed by atoms with Crippen molar-refractivity contribution in [3.8, 4) is 0 Å². The molecule has 3 rings (SSSR count). The van der Waals surface area contributed by atoms with Gasteiger partial charge in [-0.25, -0.2) is 0 Å². The standard InChI is InChI=1S/C17H26N2/c1-17(16-9-3-2-4-10-16)14-18-11-12-19(17)13-15-7-5-6-8-15/h2-4,9-10,15,18H,5-8,11-14H2,1H3. The fourth-order valence-electron chi connectivity index (χ4n) is 3.78. The molecule has 1 saturated heterocycles. The Morgan fingerprint density at radius 3 is 2.68 bits per heavy atom. The molecule has 2 fully saturated rings. The van der Waals surface area contributed by atoms with Crippen molar-refractivity contribution >= 4 is 0 Å². The monoisotopic (exact) mass is 258 g/mol. The number of hydrogen-bond donors (Lipinski definition) is 1. The van der Waals surface area contributed by atoms with Gasteiger partial charge in [0.2, 0.25) is 0 Å². The van der Waals surface area contributed by atoms with Gasteiger partial charge in [-0.05, 0) is 31.2 Å². The maximum Gasteiger partial charge on any atom is 0.0557 e. The maximum atomic E-state index is 3.59. The Labute approximate surface area is 117 Å². The molecule has 0 amide bonds. The predicted octanol–water partition coefficient (Wildman–Crippen LogP) is 3.00. The van der Waals surface area contributed by atoms with Crippen molar-refractivity contribution in [2.24, 2.45) is 5.92 Å². The second-order valence-corrected chi connectivity index (χ2v) is 6.41. The molecule has 1 aromatic rings. The average Bonchev–Trinajstić information content (AvgIpc) is 2.96. The van der Waals surface area contributed by atoms with E-state index in [1.54, 1.807) is 0 Å². The lowest BCUT2D eigenvalue weighted by Crippen LogP contribution is -2.58. The molecule has 0 spiro atoms. The lowest BCUT2D eigenvalue weighted by molar-refractivity contribution is 0.0569. The third kappa shape index (κ3) is 2.70. The molecule has 0 bridgehead atoms. The van der Waals surface area contributed by atoms with Crippen molar-refractivity contribution in [2.75, 3.05) is 26.2 Å². The number of nitrogens with one attached hydrogen (secondary N) is 1. The Bertz CT molecular complexity index is 397. The van der Waals surface area contributed by atoms with Crippen LogP contribution in [0, 0.1) is 5.92 Å². The Morgan fingerprint density at radius 2 is 1.95 bits per heavy atom. The van der Waals surface area contributed by atoms with E-state index >= 15 is 0 Å². The van der Waals surface area contributed by atoms with E-state index in [-0.39, 0.29) is 5.54 Å². The minimum absolute atomic E-state index is 0.169. The van der Waals surface area contributed by atoms with Gasteiger partial charge in [-0.1, -0.05) is 43.2 Å². The maximum absolute atomic E-state index is 3.59. The smallest absolute Gasteiger partial charge is 0.0557 e. The first kappa shape index (κ1) is 13.1. The SMILES string of the molecule is CC1(c2ccccc2)CNCCN1CC1CCCC1. The average molecular weight is 258 g/mol. The molecule has 1 atom stereocenters. The molecule has 1 aliphatic heterocycles. The molecule has 19 heavy (non-hydrogen) atoms. The molecule has 0 aromatic heterocycles. The van der Waals surface area contributed by atoms with E-state index in [1.807, 2.05) is 0 Å². The van der Waals surface area contributed by atoms with Crippen LogP contribution >= 0.6 is 0 Å². The summed E-state index contributed by atoms with van der Waals surface area (Å²) in [5, 5.41) is 3.59. The number of benzene rings is 1. The number of piperazine rings is 1. The van der Waals surface area contributed by atoms with E-state index in [2.05, 4.69) is 47.5 Å². The lowest BCUT2D eigenvalue weighted by atomic mass is 9.87. The van der Waals surface area contributed by atoms with Crippen LogP contribution in [0.3, 0.4) is 0 Å². The van der Waals surface area contributed by atoms with E-state index in [1.165, 1.54) is 44.3 Å². The Morgan fingerprint density at radius 1 is 1.21 bits per heavy atom. The van der Waals surface area contributed by atoms with Crippen molar-refractivity contribution in [1.82, 2.24) is 10.2 Å². The molecular formula is C17H26N2. The zero-order valence-corrected chi connectivity index (χ0v) is 12.1. The van der Waals surface area contributed by atoms with Gasteiger partial charge < -0.3 is 5.32 Å². The quantitative estimate of drug-likeness (QED) is 0.896. The number of hydrogen-bond acceptors (Lipinski definition) is 2. The Balaban J connectivity index is 1.79. The van der Waals surface area contributed by atoms with Gasteiger partial charge in [-0.2, -0.15) is 0 Å². The first-order valence-electron chi connectivity index (χ1n) is 7.80. The summed E-state index contributed by atoms with van der Waals surface area (Å²) in [7, 11) is 0. The van der Waals surface area contributed by atoms with Crippen LogP contribution in [0.1, 0.15) is 38.2 Å². The van der Waals surface area contributed by atoms with Crippen LogP contribution in [0.4, 0.5) is 0 Å².